The molecule has 2 amide bonds. The fraction of sp³-hybridized carbons (Fsp3) is 0.412. The molecule has 1 heterocycles. The van der Waals surface area contributed by atoms with E-state index in [4.69, 9.17) is 0 Å². The molecule has 1 atom stereocenters. The van der Waals surface area contributed by atoms with Crippen molar-refractivity contribution in [1.29, 1.82) is 0 Å². The van der Waals surface area contributed by atoms with E-state index in [0.717, 1.165) is 11.4 Å². The SMILES string of the molecule is CCNC(=O)[C@H](C)NC(=O)CSc1nnc(C)n1Cc1ccccc1. The number of aromatic nitrogens is 3. The summed E-state index contributed by atoms with van der Waals surface area (Å²) < 4.78 is 1.97. The predicted octanol–water partition coefficient (Wildman–Crippen LogP) is 1.37. The van der Waals surface area contributed by atoms with Crippen molar-refractivity contribution in [2.75, 3.05) is 12.3 Å². The van der Waals surface area contributed by atoms with Gasteiger partial charge in [0.1, 0.15) is 11.9 Å². The number of carbonyl (C=O) groups is 2. The molecule has 8 heteroatoms. The summed E-state index contributed by atoms with van der Waals surface area (Å²) in [5.41, 5.74) is 1.14. The van der Waals surface area contributed by atoms with Gasteiger partial charge in [0.2, 0.25) is 11.8 Å². The molecular formula is C17H23N5O2S. The number of thioether (sulfide) groups is 1. The highest BCUT2D eigenvalue weighted by molar-refractivity contribution is 7.99. The molecule has 25 heavy (non-hydrogen) atoms. The van der Waals surface area contributed by atoms with Gasteiger partial charge < -0.3 is 15.2 Å². The average molecular weight is 361 g/mol. The van der Waals surface area contributed by atoms with Crippen LogP contribution in [0.15, 0.2) is 35.5 Å². The van der Waals surface area contributed by atoms with Gasteiger partial charge in [-0.2, -0.15) is 0 Å². The van der Waals surface area contributed by atoms with Gasteiger partial charge in [-0.15, -0.1) is 10.2 Å². The van der Waals surface area contributed by atoms with Gasteiger partial charge in [-0.1, -0.05) is 42.1 Å². The second-order valence-corrected chi connectivity index (χ2v) is 6.52. The maximum Gasteiger partial charge on any atom is 0.242 e. The maximum atomic E-state index is 12.0. The number of nitrogens with one attached hydrogen (secondary N) is 2. The minimum absolute atomic E-state index is 0.177. The Morgan fingerprint density at radius 1 is 1.24 bits per heavy atom. The van der Waals surface area contributed by atoms with Crippen LogP contribution in [0.3, 0.4) is 0 Å². The third-order valence-corrected chi connectivity index (χ3v) is 4.51. The van der Waals surface area contributed by atoms with Crippen molar-refractivity contribution in [1.82, 2.24) is 25.4 Å². The van der Waals surface area contributed by atoms with Crippen LogP contribution in [0, 0.1) is 6.92 Å². The Morgan fingerprint density at radius 2 is 1.96 bits per heavy atom. The van der Waals surface area contributed by atoms with Crippen LogP contribution in [-0.2, 0) is 16.1 Å². The Labute approximate surface area is 151 Å². The van der Waals surface area contributed by atoms with Crippen LogP contribution in [0.2, 0.25) is 0 Å². The lowest BCUT2D eigenvalue weighted by Crippen LogP contribution is -2.45. The molecule has 1 aromatic heterocycles. The minimum atomic E-state index is -0.558. The van der Waals surface area contributed by atoms with Gasteiger partial charge in [-0.25, -0.2) is 0 Å². The van der Waals surface area contributed by atoms with Crippen LogP contribution in [0.4, 0.5) is 0 Å². The van der Waals surface area contributed by atoms with Crippen LogP contribution in [-0.4, -0.2) is 44.9 Å². The zero-order chi connectivity index (χ0) is 18.2. The molecule has 0 saturated heterocycles. The Kier molecular flexibility index (Phi) is 7.00. The van der Waals surface area contributed by atoms with Crippen molar-refractivity contribution < 1.29 is 9.59 Å². The third-order valence-electron chi connectivity index (χ3n) is 3.54. The number of amides is 2. The summed E-state index contributed by atoms with van der Waals surface area (Å²) >= 11 is 1.31. The highest BCUT2D eigenvalue weighted by Crippen LogP contribution is 2.18. The van der Waals surface area contributed by atoms with Crippen LogP contribution in [0.1, 0.15) is 25.2 Å². The lowest BCUT2D eigenvalue weighted by atomic mass is 10.2. The Balaban J connectivity index is 1.93. The van der Waals surface area contributed by atoms with Crippen LogP contribution >= 0.6 is 11.8 Å². The minimum Gasteiger partial charge on any atom is -0.355 e. The molecule has 0 radical (unpaired) electrons. The van der Waals surface area contributed by atoms with Crippen LogP contribution in [0.25, 0.3) is 0 Å². The standard InChI is InChI=1S/C17H23N5O2S/c1-4-18-16(24)12(2)19-15(23)11-25-17-21-20-13(3)22(17)10-14-8-6-5-7-9-14/h5-9,12H,4,10-11H2,1-3H3,(H,18,24)(H,19,23)/t12-/m0/s1. The lowest BCUT2D eigenvalue weighted by Gasteiger charge is -2.13. The van der Waals surface area contributed by atoms with E-state index in [1.54, 1.807) is 6.92 Å². The second kappa shape index (κ2) is 9.22. The summed E-state index contributed by atoms with van der Waals surface area (Å²) in [5, 5.41) is 14.3. The van der Waals surface area contributed by atoms with Crippen LogP contribution < -0.4 is 10.6 Å². The van der Waals surface area contributed by atoms with Crippen molar-refractivity contribution in [3.63, 3.8) is 0 Å². The first-order valence-electron chi connectivity index (χ1n) is 8.14. The highest BCUT2D eigenvalue weighted by atomic mass is 32.2. The molecule has 0 spiro atoms. The number of aryl methyl sites for hydroxylation is 1. The largest absolute Gasteiger partial charge is 0.355 e. The molecule has 0 unspecified atom stereocenters. The number of hydrogen-bond donors (Lipinski definition) is 2. The normalized spacial score (nSPS) is 11.8. The van der Waals surface area contributed by atoms with E-state index in [0.29, 0.717) is 18.2 Å². The quantitative estimate of drug-likeness (QED) is 0.693. The number of rotatable bonds is 8. The van der Waals surface area contributed by atoms with E-state index in [1.807, 2.05) is 48.7 Å². The van der Waals surface area contributed by atoms with Gasteiger partial charge in [0.25, 0.3) is 0 Å². The summed E-state index contributed by atoms with van der Waals surface area (Å²) in [6.07, 6.45) is 0. The lowest BCUT2D eigenvalue weighted by molar-refractivity contribution is -0.127. The molecule has 2 rings (SSSR count). The fourth-order valence-electron chi connectivity index (χ4n) is 2.22. The molecule has 2 N–H and O–H groups in total. The molecule has 0 saturated carbocycles. The monoisotopic (exact) mass is 361 g/mol. The van der Waals surface area contributed by atoms with Gasteiger partial charge >= 0.3 is 0 Å². The van der Waals surface area contributed by atoms with E-state index in [-0.39, 0.29) is 17.6 Å². The summed E-state index contributed by atoms with van der Waals surface area (Å²) in [7, 11) is 0. The molecule has 1 aromatic carbocycles. The van der Waals surface area contributed by atoms with Crippen molar-refractivity contribution in [3.8, 4) is 0 Å². The Morgan fingerprint density at radius 3 is 2.64 bits per heavy atom. The number of nitrogens with zero attached hydrogens (tertiary/aromatic N) is 3. The molecule has 0 bridgehead atoms. The van der Waals surface area contributed by atoms with Crippen molar-refractivity contribution in [2.24, 2.45) is 0 Å². The van der Waals surface area contributed by atoms with Gasteiger partial charge in [0.15, 0.2) is 5.16 Å². The number of benzene rings is 1. The van der Waals surface area contributed by atoms with Gasteiger partial charge in [-0.3, -0.25) is 9.59 Å². The van der Waals surface area contributed by atoms with E-state index in [9.17, 15) is 9.59 Å². The van der Waals surface area contributed by atoms with E-state index in [2.05, 4.69) is 20.8 Å². The zero-order valence-corrected chi connectivity index (χ0v) is 15.5. The molecule has 0 aliphatic rings. The van der Waals surface area contributed by atoms with Crippen molar-refractivity contribution >= 4 is 23.6 Å². The number of hydrogen-bond acceptors (Lipinski definition) is 5. The van der Waals surface area contributed by atoms with Crippen LogP contribution in [0.5, 0.6) is 0 Å². The molecule has 7 nitrogen and oxygen atoms in total. The van der Waals surface area contributed by atoms with Gasteiger partial charge in [0, 0.05) is 6.54 Å². The number of carbonyl (C=O) groups excluding carboxylic acids is 2. The summed E-state index contributed by atoms with van der Waals surface area (Å²) in [6.45, 7) is 6.58. The molecule has 2 aromatic rings. The predicted molar refractivity (Wildman–Crippen MR) is 97.3 cm³/mol. The topological polar surface area (TPSA) is 88.9 Å². The molecule has 0 fully saturated rings. The molecule has 134 valence electrons. The Hall–Kier alpha value is -2.35. The highest BCUT2D eigenvalue weighted by Gasteiger charge is 2.16. The first-order valence-corrected chi connectivity index (χ1v) is 9.13. The summed E-state index contributed by atoms with van der Waals surface area (Å²) in [5.74, 6) is 0.568. The van der Waals surface area contributed by atoms with Gasteiger partial charge in [0.05, 0.1) is 12.3 Å². The molecular weight excluding hydrogens is 338 g/mol. The summed E-state index contributed by atoms with van der Waals surface area (Å²) in [4.78, 5) is 23.7. The van der Waals surface area contributed by atoms with Crippen molar-refractivity contribution in [3.05, 3.63) is 41.7 Å². The fourth-order valence-corrected chi connectivity index (χ4v) is 3.02. The summed E-state index contributed by atoms with van der Waals surface area (Å²) in [6, 6.07) is 9.45. The second-order valence-electron chi connectivity index (χ2n) is 5.57. The average Bonchev–Trinajstić information content (AvgIpc) is 2.94. The first kappa shape index (κ1) is 19.0. The third kappa shape index (κ3) is 5.60. The van der Waals surface area contributed by atoms with E-state index >= 15 is 0 Å². The van der Waals surface area contributed by atoms with Crippen molar-refractivity contribution in [2.45, 2.75) is 38.5 Å². The van der Waals surface area contributed by atoms with Gasteiger partial charge in [-0.05, 0) is 26.3 Å². The Bertz CT molecular complexity index is 717. The molecule has 0 aliphatic carbocycles. The van der Waals surface area contributed by atoms with E-state index in [1.165, 1.54) is 11.8 Å². The smallest absolute Gasteiger partial charge is 0.242 e. The zero-order valence-electron chi connectivity index (χ0n) is 14.7. The van der Waals surface area contributed by atoms with E-state index < -0.39 is 6.04 Å². The molecule has 0 aliphatic heterocycles. The number of likely N-dealkylation sites (N-methyl/N-ethyl adjacent to an activating group) is 1. The maximum absolute atomic E-state index is 12.0. The first-order chi connectivity index (χ1) is 12.0.